The van der Waals surface area contributed by atoms with E-state index in [-0.39, 0.29) is 49.5 Å². The number of nitrogens with one attached hydrogen (secondary N) is 2. The quantitative estimate of drug-likeness (QED) is 0.207. The van der Waals surface area contributed by atoms with Crippen molar-refractivity contribution >= 4 is 46.2 Å². The molecule has 66 heavy (non-hydrogen) atoms. The molecular weight excluding hydrogens is 841 g/mol. The van der Waals surface area contributed by atoms with Crippen molar-refractivity contribution in [1.29, 1.82) is 0 Å². The minimum atomic E-state index is -1.07. The number of morpholine rings is 1. The zero-order valence-electron chi connectivity index (χ0n) is 40.3. The fourth-order valence-electron chi connectivity index (χ4n) is 10.5. The number of carbonyl (C=O) groups is 5. The Morgan fingerprint density at radius 3 is 2.61 bits per heavy atom. The van der Waals surface area contributed by atoms with Crippen LogP contribution >= 0.6 is 0 Å². The highest BCUT2D eigenvalue weighted by Gasteiger charge is 2.42. The van der Waals surface area contributed by atoms with E-state index in [1.54, 1.807) is 25.3 Å². The highest BCUT2D eigenvalue weighted by Crippen LogP contribution is 2.42. The summed E-state index contributed by atoms with van der Waals surface area (Å²) in [5.41, 5.74) is 8.74. The number of ether oxygens (including phenoxy) is 3. The number of fused-ring (bicyclic) bond motifs is 6. The minimum absolute atomic E-state index is 0.136. The fourth-order valence-corrected chi connectivity index (χ4v) is 10.5. The third-order valence-corrected chi connectivity index (χ3v) is 14.1. The number of nitrogens with zero attached hydrogens (tertiary/aromatic N) is 6. The van der Waals surface area contributed by atoms with Crippen molar-refractivity contribution < 1.29 is 38.2 Å². The Kier molecular flexibility index (Phi) is 14.9. The van der Waals surface area contributed by atoms with Gasteiger partial charge in [-0.2, -0.15) is 0 Å². The summed E-state index contributed by atoms with van der Waals surface area (Å²) in [6.45, 7) is 20.6. The van der Waals surface area contributed by atoms with Gasteiger partial charge in [0.25, 0.3) is 5.91 Å². The third kappa shape index (κ3) is 9.86. The Morgan fingerprint density at radius 1 is 1.12 bits per heavy atom. The molecule has 16 heteroatoms. The summed E-state index contributed by atoms with van der Waals surface area (Å²) in [5.74, 6) is -2.59. The number of esters is 1. The van der Waals surface area contributed by atoms with Crippen LogP contribution < -0.4 is 15.6 Å². The number of likely N-dealkylation sites (tertiary alicyclic amines) is 1. The number of amides is 4. The molecule has 0 spiro atoms. The molecule has 6 heterocycles. The number of rotatable bonds is 10. The Morgan fingerprint density at radius 2 is 1.89 bits per heavy atom. The van der Waals surface area contributed by atoms with Gasteiger partial charge < -0.3 is 38.8 Å². The number of carbonyl (C=O) groups excluding carboxylic acids is 5. The van der Waals surface area contributed by atoms with E-state index in [0.717, 1.165) is 39.1 Å². The SMILES string of the molecule is C=CC(=O)N1CC[C@H](C(=O)N(C)C(C(=O)N[C@H]2C[C@@H]3OCCN(c4ccc5c(c4)c(c(-c4cccnc4[C@H](C)OC)n5CC)CC(C)(C)COC(=O)[C@@H]4CCCN(N4)C2=O)[C@H]3C)C(C)C)C1. The van der Waals surface area contributed by atoms with E-state index < -0.39 is 53.3 Å². The molecule has 7 rings (SSSR count). The number of hydrogen-bond acceptors (Lipinski definition) is 11. The second kappa shape index (κ2) is 20.3. The van der Waals surface area contributed by atoms with E-state index in [1.807, 2.05) is 26.8 Å². The van der Waals surface area contributed by atoms with Gasteiger partial charge in [-0.1, -0.05) is 34.3 Å². The van der Waals surface area contributed by atoms with Crippen molar-refractivity contribution in [3.8, 4) is 11.3 Å². The maximum Gasteiger partial charge on any atom is 0.324 e. The number of aryl methyl sites for hydroxylation is 1. The molecule has 16 nitrogen and oxygen atoms in total. The molecule has 0 radical (unpaired) electrons. The maximum atomic E-state index is 14.8. The lowest BCUT2D eigenvalue weighted by molar-refractivity contribution is -0.156. The first-order valence-electron chi connectivity index (χ1n) is 23.7. The topological polar surface area (TPSA) is 168 Å². The van der Waals surface area contributed by atoms with Crippen LogP contribution in [0.15, 0.2) is 49.2 Å². The summed E-state index contributed by atoms with van der Waals surface area (Å²) in [4.78, 5) is 79.8. The van der Waals surface area contributed by atoms with Crippen molar-refractivity contribution in [3.63, 3.8) is 0 Å². The van der Waals surface area contributed by atoms with Gasteiger partial charge in [0.15, 0.2) is 0 Å². The van der Waals surface area contributed by atoms with Crippen LogP contribution in [0.5, 0.6) is 0 Å². The lowest BCUT2D eigenvalue weighted by Crippen LogP contribution is -2.63. The van der Waals surface area contributed by atoms with Gasteiger partial charge in [-0.3, -0.25) is 34.0 Å². The zero-order valence-corrected chi connectivity index (χ0v) is 40.3. The van der Waals surface area contributed by atoms with Crippen LogP contribution in [0, 0.1) is 17.3 Å². The van der Waals surface area contributed by atoms with Crippen LogP contribution in [-0.2, 0) is 51.1 Å². The predicted octanol–water partition coefficient (Wildman–Crippen LogP) is 5.04. The number of aromatic nitrogens is 2. The monoisotopic (exact) mass is 911 g/mol. The number of likely N-dealkylation sites (N-methyl/N-ethyl adjacent to an activating group) is 1. The largest absolute Gasteiger partial charge is 0.464 e. The number of anilines is 1. The average molecular weight is 911 g/mol. The molecule has 1 unspecified atom stereocenters. The van der Waals surface area contributed by atoms with Crippen molar-refractivity contribution in [3.05, 3.63) is 60.4 Å². The van der Waals surface area contributed by atoms with Gasteiger partial charge in [-0.15, -0.1) is 0 Å². The van der Waals surface area contributed by atoms with Gasteiger partial charge in [0, 0.05) is 87.1 Å². The van der Waals surface area contributed by atoms with Crippen molar-refractivity contribution in [2.75, 3.05) is 58.5 Å². The molecule has 0 saturated carbocycles. The number of hydrogen-bond donors (Lipinski definition) is 2. The second-order valence-corrected chi connectivity index (χ2v) is 19.6. The molecule has 2 N–H and O–H groups in total. The minimum Gasteiger partial charge on any atom is -0.464 e. The Hall–Kier alpha value is -5.32. The molecule has 1 aromatic carbocycles. The van der Waals surface area contributed by atoms with Crippen LogP contribution in [0.2, 0.25) is 0 Å². The summed E-state index contributed by atoms with van der Waals surface area (Å²) < 4.78 is 20.8. The van der Waals surface area contributed by atoms with Crippen LogP contribution in [-0.4, -0.2) is 138 Å². The molecule has 4 amide bonds. The average Bonchev–Trinajstić information content (AvgIpc) is 3.92. The molecule has 6 bridgehead atoms. The van der Waals surface area contributed by atoms with Gasteiger partial charge >= 0.3 is 5.97 Å². The Bertz CT molecular complexity index is 2310. The molecule has 7 atom stereocenters. The molecule has 4 aliphatic heterocycles. The summed E-state index contributed by atoms with van der Waals surface area (Å²) in [5, 5.41) is 5.60. The number of methoxy groups -OCH3 is 1. The molecule has 3 fully saturated rings. The number of benzene rings is 1. The standard InChI is InChI=1S/C50H70N8O8/c1-11-42(59)55-22-19-33(28-55)47(61)54(9)44(30(3)4)46(60)52-39-26-41-31(5)57(23-24-65-41)34-17-18-40-36(25-34)37(45(56(40)12-2)35-15-13-20-51-43(35)32(6)64-10)27-50(7,8)29-66-49(63)38-16-14-21-58(53-38)48(39)62/h11,13,15,17-18,20,25,30-33,38-39,41,44,53H,1,12,14,16,19,21-24,26-29H2,2-10H3,(H,52,60)/t31-,32-,33-,38-,39-,41-,44?/m0/s1. The summed E-state index contributed by atoms with van der Waals surface area (Å²) in [7, 11) is 3.30. The highest BCUT2D eigenvalue weighted by atomic mass is 16.5. The van der Waals surface area contributed by atoms with E-state index in [9.17, 15) is 24.0 Å². The van der Waals surface area contributed by atoms with Crippen LogP contribution in [0.3, 0.4) is 0 Å². The normalized spacial score (nSPS) is 24.7. The van der Waals surface area contributed by atoms with Crippen molar-refractivity contribution in [2.45, 2.75) is 123 Å². The van der Waals surface area contributed by atoms with Crippen LogP contribution in [0.4, 0.5) is 5.69 Å². The zero-order chi connectivity index (χ0) is 47.6. The predicted molar refractivity (Wildman–Crippen MR) is 252 cm³/mol. The molecule has 358 valence electrons. The first kappa shape index (κ1) is 48.6. The first-order chi connectivity index (χ1) is 31.5. The molecular formula is C50H70N8O8. The molecule has 2 aromatic heterocycles. The smallest absolute Gasteiger partial charge is 0.324 e. The number of pyridine rings is 1. The third-order valence-electron chi connectivity index (χ3n) is 14.1. The molecule has 0 aliphatic carbocycles. The summed E-state index contributed by atoms with van der Waals surface area (Å²) in [6.07, 6.45) is 4.51. The number of cyclic esters (lactones) is 1. The molecule has 3 saturated heterocycles. The van der Waals surface area contributed by atoms with Crippen LogP contribution in [0.1, 0.15) is 91.5 Å². The van der Waals surface area contributed by atoms with Crippen molar-refractivity contribution in [2.24, 2.45) is 17.3 Å². The van der Waals surface area contributed by atoms with E-state index in [1.165, 1.54) is 16.0 Å². The van der Waals surface area contributed by atoms with Crippen molar-refractivity contribution in [1.82, 2.24) is 35.1 Å². The molecule has 3 aromatic rings. The van der Waals surface area contributed by atoms with E-state index in [4.69, 9.17) is 19.2 Å². The lowest BCUT2D eigenvalue weighted by atomic mass is 9.84. The highest BCUT2D eigenvalue weighted by molar-refractivity contribution is 5.95. The fraction of sp³-hybridized carbons (Fsp3) is 0.600. The van der Waals surface area contributed by atoms with Gasteiger partial charge in [0.2, 0.25) is 17.7 Å². The van der Waals surface area contributed by atoms with Crippen LogP contribution in [0.25, 0.3) is 22.2 Å². The maximum absolute atomic E-state index is 14.8. The summed E-state index contributed by atoms with van der Waals surface area (Å²) in [6, 6.07) is 7.66. The Labute approximate surface area is 389 Å². The second-order valence-electron chi connectivity index (χ2n) is 19.6. The van der Waals surface area contributed by atoms with E-state index in [0.29, 0.717) is 58.5 Å². The number of hydrazine groups is 1. The molecule has 4 aliphatic rings. The summed E-state index contributed by atoms with van der Waals surface area (Å²) >= 11 is 0. The van der Waals surface area contributed by atoms with Gasteiger partial charge in [0.1, 0.15) is 18.1 Å². The van der Waals surface area contributed by atoms with Gasteiger partial charge in [-0.25, -0.2) is 5.43 Å². The first-order valence-corrected chi connectivity index (χ1v) is 23.7. The van der Waals surface area contributed by atoms with Gasteiger partial charge in [-0.05, 0) is 94.3 Å². The van der Waals surface area contributed by atoms with E-state index in [2.05, 4.69) is 78.7 Å². The van der Waals surface area contributed by atoms with E-state index >= 15 is 0 Å². The lowest BCUT2D eigenvalue weighted by Gasteiger charge is -2.43. The van der Waals surface area contributed by atoms with Gasteiger partial charge in [0.05, 0.1) is 48.8 Å². The Balaban J connectivity index is 1.27.